The van der Waals surface area contributed by atoms with Crippen molar-refractivity contribution in [3.63, 3.8) is 0 Å². The van der Waals surface area contributed by atoms with Crippen LogP contribution in [0.15, 0.2) is 22.7 Å². The van der Waals surface area contributed by atoms with E-state index in [9.17, 15) is 0 Å². The molecule has 1 aromatic carbocycles. The van der Waals surface area contributed by atoms with Crippen LogP contribution in [-0.2, 0) is 5.54 Å². The van der Waals surface area contributed by atoms with E-state index in [1.54, 1.807) is 0 Å². The average molecular weight is 254 g/mol. The van der Waals surface area contributed by atoms with Crippen LogP contribution in [-0.4, -0.2) is 0 Å². The quantitative estimate of drug-likeness (QED) is 0.858. The molecule has 1 nitrogen and oxygen atoms in total. The highest BCUT2D eigenvalue weighted by atomic mass is 79.9. The Bertz CT molecular complexity index is 353. The molecule has 0 radical (unpaired) electrons. The predicted molar refractivity (Wildman–Crippen MR) is 63.3 cm³/mol. The van der Waals surface area contributed by atoms with Crippen LogP contribution in [0.5, 0.6) is 0 Å². The molecule has 1 saturated carbocycles. The van der Waals surface area contributed by atoms with Crippen LogP contribution >= 0.6 is 15.9 Å². The molecule has 1 aromatic rings. The van der Waals surface area contributed by atoms with E-state index in [4.69, 9.17) is 5.73 Å². The summed E-state index contributed by atoms with van der Waals surface area (Å²) in [4.78, 5) is 0. The minimum Gasteiger partial charge on any atom is -0.321 e. The lowest BCUT2D eigenvalue weighted by atomic mass is 9.92. The lowest BCUT2D eigenvalue weighted by molar-refractivity contribution is 0.707. The maximum absolute atomic E-state index is 6.25. The molecule has 1 aliphatic rings. The van der Waals surface area contributed by atoms with Crippen molar-refractivity contribution < 1.29 is 0 Å². The second kappa shape index (κ2) is 3.35. The van der Waals surface area contributed by atoms with Crippen LogP contribution in [0.1, 0.15) is 43.7 Å². The van der Waals surface area contributed by atoms with E-state index in [1.165, 1.54) is 11.1 Å². The molecule has 0 atom stereocenters. The van der Waals surface area contributed by atoms with Crippen molar-refractivity contribution in [3.05, 3.63) is 33.8 Å². The minimum absolute atomic E-state index is 0.0244. The summed E-state index contributed by atoms with van der Waals surface area (Å²) in [5.41, 5.74) is 8.96. The first-order valence-electron chi connectivity index (χ1n) is 5.12. The first-order valence-corrected chi connectivity index (χ1v) is 5.91. The Morgan fingerprint density at radius 1 is 1.36 bits per heavy atom. The third kappa shape index (κ3) is 1.73. The molecule has 0 unspecified atom stereocenters. The van der Waals surface area contributed by atoms with Crippen LogP contribution in [0, 0.1) is 0 Å². The summed E-state index contributed by atoms with van der Waals surface area (Å²) in [5.74, 6) is 0.555. The van der Waals surface area contributed by atoms with E-state index in [0.29, 0.717) is 5.92 Å². The molecule has 0 heterocycles. The zero-order chi connectivity index (χ0) is 10.3. The van der Waals surface area contributed by atoms with Crippen molar-refractivity contribution in [2.75, 3.05) is 0 Å². The molecule has 2 heteroatoms. The molecule has 1 fully saturated rings. The van der Waals surface area contributed by atoms with Gasteiger partial charge >= 0.3 is 0 Å². The number of hydrogen-bond acceptors (Lipinski definition) is 1. The summed E-state index contributed by atoms with van der Waals surface area (Å²) < 4.78 is 1.13. The van der Waals surface area contributed by atoms with Crippen molar-refractivity contribution in [2.24, 2.45) is 5.73 Å². The Kier molecular flexibility index (Phi) is 2.44. The summed E-state index contributed by atoms with van der Waals surface area (Å²) in [6.45, 7) is 4.44. The van der Waals surface area contributed by atoms with Gasteiger partial charge < -0.3 is 5.73 Å². The number of benzene rings is 1. The highest BCUT2D eigenvalue weighted by Gasteiger charge is 2.41. The first kappa shape index (κ1) is 10.2. The van der Waals surface area contributed by atoms with Crippen molar-refractivity contribution in [3.8, 4) is 0 Å². The molecule has 76 valence electrons. The van der Waals surface area contributed by atoms with Gasteiger partial charge in [0.2, 0.25) is 0 Å². The zero-order valence-electron chi connectivity index (χ0n) is 8.68. The van der Waals surface area contributed by atoms with Gasteiger partial charge in [-0.3, -0.25) is 0 Å². The van der Waals surface area contributed by atoms with Crippen molar-refractivity contribution in [2.45, 2.75) is 38.1 Å². The summed E-state index contributed by atoms with van der Waals surface area (Å²) in [6, 6.07) is 6.48. The number of hydrogen-bond donors (Lipinski definition) is 1. The predicted octanol–water partition coefficient (Wildman–Crippen LogP) is 3.52. The van der Waals surface area contributed by atoms with Crippen molar-refractivity contribution in [1.82, 2.24) is 0 Å². The van der Waals surface area contributed by atoms with E-state index in [0.717, 1.165) is 17.3 Å². The van der Waals surface area contributed by atoms with E-state index < -0.39 is 0 Å². The molecule has 2 rings (SSSR count). The van der Waals surface area contributed by atoms with Gasteiger partial charge in [0.25, 0.3) is 0 Å². The SMILES string of the molecule is CC(C)c1ccc(Br)cc1C1(N)CC1. The number of rotatable bonds is 2. The Hall–Kier alpha value is -0.340. The van der Waals surface area contributed by atoms with Crippen LogP contribution in [0.25, 0.3) is 0 Å². The van der Waals surface area contributed by atoms with Gasteiger partial charge in [0, 0.05) is 10.0 Å². The van der Waals surface area contributed by atoms with Crippen LogP contribution in [0.4, 0.5) is 0 Å². The fourth-order valence-electron chi connectivity index (χ4n) is 1.87. The van der Waals surface area contributed by atoms with Gasteiger partial charge in [-0.15, -0.1) is 0 Å². The standard InChI is InChI=1S/C12H16BrN/c1-8(2)10-4-3-9(13)7-11(10)12(14)5-6-12/h3-4,7-8H,5-6,14H2,1-2H3. The van der Waals surface area contributed by atoms with E-state index in [2.05, 4.69) is 48.0 Å². The molecule has 14 heavy (non-hydrogen) atoms. The summed E-state index contributed by atoms with van der Waals surface area (Å²) in [7, 11) is 0. The number of halogens is 1. The van der Waals surface area contributed by atoms with Gasteiger partial charge in [0.1, 0.15) is 0 Å². The summed E-state index contributed by atoms with van der Waals surface area (Å²) >= 11 is 3.51. The smallest absolute Gasteiger partial charge is 0.0414 e. The molecule has 0 aromatic heterocycles. The third-order valence-electron chi connectivity index (χ3n) is 2.96. The van der Waals surface area contributed by atoms with Gasteiger partial charge in [-0.05, 0) is 42.0 Å². The normalized spacial score (nSPS) is 18.6. The largest absolute Gasteiger partial charge is 0.321 e. The molecule has 0 saturated heterocycles. The Morgan fingerprint density at radius 2 is 2.00 bits per heavy atom. The second-order valence-corrected chi connectivity index (χ2v) is 5.46. The van der Waals surface area contributed by atoms with Gasteiger partial charge in [-0.25, -0.2) is 0 Å². The van der Waals surface area contributed by atoms with E-state index in [-0.39, 0.29) is 5.54 Å². The van der Waals surface area contributed by atoms with Gasteiger partial charge in [-0.1, -0.05) is 35.8 Å². The van der Waals surface area contributed by atoms with E-state index in [1.807, 2.05) is 0 Å². The highest BCUT2D eigenvalue weighted by Crippen LogP contribution is 2.46. The van der Waals surface area contributed by atoms with Gasteiger partial charge in [-0.2, -0.15) is 0 Å². The highest BCUT2D eigenvalue weighted by molar-refractivity contribution is 9.10. The molecular formula is C12H16BrN. The zero-order valence-corrected chi connectivity index (χ0v) is 10.3. The summed E-state index contributed by atoms with van der Waals surface area (Å²) in [6.07, 6.45) is 2.26. The van der Waals surface area contributed by atoms with Gasteiger partial charge in [0.15, 0.2) is 0 Å². The molecule has 2 N–H and O–H groups in total. The van der Waals surface area contributed by atoms with E-state index >= 15 is 0 Å². The van der Waals surface area contributed by atoms with Crippen molar-refractivity contribution in [1.29, 1.82) is 0 Å². The second-order valence-electron chi connectivity index (χ2n) is 4.54. The topological polar surface area (TPSA) is 26.0 Å². The Labute approximate surface area is 93.8 Å². The third-order valence-corrected chi connectivity index (χ3v) is 3.46. The summed E-state index contributed by atoms with van der Waals surface area (Å²) in [5, 5.41) is 0. The maximum Gasteiger partial charge on any atom is 0.0414 e. The fourth-order valence-corrected chi connectivity index (χ4v) is 2.23. The lowest BCUT2D eigenvalue weighted by Crippen LogP contribution is -2.21. The number of nitrogens with two attached hydrogens (primary N) is 1. The molecule has 0 spiro atoms. The van der Waals surface area contributed by atoms with Gasteiger partial charge in [0.05, 0.1) is 0 Å². The fraction of sp³-hybridized carbons (Fsp3) is 0.500. The maximum atomic E-state index is 6.25. The molecule has 0 aliphatic heterocycles. The Morgan fingerprint density at radius 3 is 2.50 bits per heavy atom. The van der Waals surface area contributed by atoms with Crippen LogP contribution in [0.3, 0.4) is 0 Å². The molecular weight excluding hydrogens is 238 g/mol. The van der Waals surface area contributed by atoms with Crippen LogP contribution < -0.4 is 5.73 Å². The Balaban J connectivity index is 2.49. The lowest BCUT2D eigenvalue weighted by Gasteiger charge is -2.18. The molecule has 1 aliphatic carbocycles. The van der Waals surface area contributed by atoms with Crippen molar-refractivity contribution >= 4 is 15.9 Å². The monoisotopic (exact) mass is 253 g/mol. The first-order chi connectivity index (χ1) is 6.53. The minimum atomic E-state index is -0.0244. The van der Waals surface area contributed by atoms with Crippen LogP contribution in [0.2, 0.25) is 0 Å². The molecule has 0 amide bonds. The molecule has 0 bridgehead atoms. The average Bonchev–Trinajstić information content (AvgIpc) is 2.84.